The number of aryl methyl sites for hydroxylation is 1. The fraction of sp³-hybridized carbons (Fsp3) is 0.545. The molecule has 0 amide bonds. The first-order valence-corrected chi connectivity index (χ1v) is 8.09. The molecule has 3 rings (SSSR count). The Hall–Kier alpha value is -0.920. The van der Waals surface area contributed by atoms with Gasteiger partial charge in [0.15, 0.2) is 0 Å². The molecule has 1 aromatic rings. The van der Waals surface area contributed by atoms with Crippen LogP contribution in [0.25, 0.3) is 0 Å². The van der Waals surface area contributed by atoms with Crippen molar-refractivity contribution in [2.75, 3.05) is 6.54 Å². The van der Waals surface area contributed by atoms with E-state index >= 15 is 0 Å². The van der Waals surface area contributed by atoms with Crippen LogP contribution in [0.15, 0.2) is 16.3 Å². The number of sulfonamides is 1. The normalized spacial score (nSPS) is 27.7. The summed E-state index contributed by atoms with van der Waals surface area (Å²) < 4.78 is 31.5. The largest absolute Gasteiger partial charge is 0.460 e. The lowest BCUT2D eigenvalue weighted by molar-refractivity contribution is -0.148. The standard InChI is InChI=1S/C11H13NO4S2/c1-2-8-3-4-10(17-8)18(14,15)12-6-7-5-9(12)11(13)16-7/h3-4,7,9H,2,5-6H2,1H3. The smallest absolute Gasteiger partial charge is 0.324 e. The molecule has 2 atom stereocenters. The number of rotatable bonds is 3. The van der Waals surface area contributed by atoms with Crippen LogP contribution in [0, 0.1) is 0 Å². The van der Waals surface area contributed by atoms with E-state index in [1.54, 1.807) is 6.07 Å². The minimum Gasteiger partial charge on any atom is -0.460 e. The maximum absolute atomic E-state index is 12.4. The Labute approximate surface area is 109 Å². The van der Waals surface area contributed by atoms with Crippen molar-refractivity contribution < 1.29 is 17.9 Å². The molecule has 2 aliphatic rings. The number of morpholine rings is 1. The second-order valence-corrected chi connectivity index (χ2v) is 7.75. The van der Waals surface area contributed by atoms with Gasteiger partial charge in [0, 0.05) is 11.3 Å². The molecule has 0 aliphatic carbocycles. The van der Waals surface area contributed by atoms with Gasteiger partial charge in [-0.3, -0.25) is 4.79 Å². The van der Waals surface area contributed by atoms with E-state index < -0.39 is 22.0 Å². The maximum atomic E-state index is 12.4. The highest BCUT2D eigenvalue weighted by molar-refractivity contribution is 7.91. The van der Waals surface area contributed by atoms with Crippen LogP contribution >= 0.6 is 11.3 Å². The number of hydrogen-bond acceptors (Lipinski definition) is 5. The van der Waals surface area contributed by atoms with Crippen molar-refractivity contribution in [1.29, 1.82) is 0 Å². The van der Waals surface area contributed by atoms with Gasteiger partial charge in [-0.05, 0) is 18.6 Å². The molecule has 0 saturated carbocycles. The Bertz CT molecular complexity index is 592. The summed E-state index contributed by atoms with van der Waals surface area (Å²) in [5.74, 6) is -0.415. The molecule has 2 fully saturated rings. The lowest BCUT2D eigenvalue weighted by Gasteiger charge is -2.24. The molecule has 2 saturated heterocycles. The summed E-state index contributed by atoms with van der Waals surface area (Å²) in [6.07, 6.45) is 1.04. The van der Waals surface area contributed by atoms with E-state index in [0.29, 0.717) is 10.6 Å². The number of ether oxygens (including phenoxy) is 1. The molecule has 1 aromatic heterocycles. The molecule has 0 radical (unpaired) electrons. The van der Waals surface area contributed by atoms with Crippen molar-refractivity contribution in [3.8, 4) is 0 Å². The fourth-order valence-corrected chi connectivity index (χ4v) is 5.42. The molecule has 0 spiro atoms. The van der Waals surface area contributed by atoms with Crippen molar-refractivity contribution in [2.45, 2.75) is 36.1 Å². The van der Waals surface area contributed by atoms with E-state index in [4.69, 9.17) is 4.74 Å². The quantitative estimate of drug-likeness (QED) is 0.778. The highest BCUT2D eigenvalue weighted by Crippen LogP contribution is 2.35. The highest BCUT2D eigenvalue weighted by atomic mass is 32.2. The molecule has 3 heterocycles. The summed E-state index contributed by atoms with van der Waals surface area (Å²) in [6, 6.07) is 2.83. The molecular formula is C11H13NO4S2. The van der Waals surface area contributed by atoms with E-state index in [2.05, 4.69) is 0 Å². The Kier molecular flexibility index (Phi) is 2.72. The Morgan fingerprint density at radius 3 is 2.83 bits per heavy atom. The number of nitrogens with zero attached hydrogens (tertiary/aromatic N) is 1. The van der Waals surface area contributed by atoms with Gasteiger partial charge < -0.3 is 4.74 Å². The summed E-state index contributed by atoms with van der Waals surface area (Å²) >= 11 is 1.27. The van der Waals surface area contributed by atoms with Gasteiger partial charge in [0.2, 0.25) is 0 Å². The number of carbonyl (C=O) groups excluding carboxylic acids is 1. The van der Waals surface area contributed by atoms with Crippen LogP contribution in [0.1, 0.15) is 18.2 Å². The van der Waals surface area contributed by atoms with Crippen LogP contribution in [0.3, 0.4) is 0 Å². The molecule has 98 valence electrons. The van der Waals surface area contributed by atoms with Crippen molar-refractivity contribution in [1.82, 2.24) is 4.31 Å². The molecule has 0 aromatic carbocycles. The van der Waals surface area contributed by atoms with Crippen molar-refractivity contribution in [3.63, 3.8) is 0 Å². The van der Waals surface area contributed by atoms with E-state index in [0.717, 1.165) is 11.3 Å². The lowest BCUT2D eigenvalue weighted by atomic mass is 10.2. The SMILES string of the molecule is CCc1ccc(S(=O)(=O)N2CC3CC2C(=O)O3)s1. The zero-order valence-corrected chi connectivity index (χ0v) is 11.5. The van der Waals surface area contributed by atoms with Gasteiger partial charge in [-0.1, -0.05) is 6.92 Å². The van der Waals surface area contributed by atoms with E-state index in [9.17, 15) is 13.2 Å². The first-order valence-electron chi connectivity index (χ1n) is 5.83. The summed E-state index contributed by atoms with van der Waals surface area (Å²) in [6.45, 7) is 2.27. The predicted molar refractivity (Wildman–Crippen MR) is 65.9 cm³/mol. The van der Waals surface area contributed by atoms with E-state index in [-0.39, 0.29) is 12.6 Å². The zero-order chi connectivity index (χ0) is 12.9. The van der Waals surface area contributed by atoms with Crippen LogP contribution in [0.4, 0.5) is 0 Å². The molecule has 5 nitrogen and oxygen atoms in total. The number of fused-ring (bicyclic) bond motifs is 2. The molecule has 2 aliphatic heterocycles. The predicted octanol–water partition coefficient (Wildman–Crippen LogP) is 0.999. The van der Waals surface area contributed by atoms with Crippen LogP contribution in [-0.2, 0) is 26.0 Å². The first kappa shape index (κ1) is 12.1. The zero-order valence-electron chi connectivity index (χ0n) is 9.83. The van der Waals surface area contributed by atoms with E-state index in [1.165, 1.54) is 15.6 Å². The minimum atomic E-state index is -3.54. The van der Waals surface area contributed by atoms with Crippen molar-refractivity contribution in [3.05, 3.63) is 17.0 Å². The summed E-state index contributed by atoms with van der Waals surface area (Å²) in [5, 5.41) is 0. The van der Waals surface area contributed by atoms with Gasteiger partial charge >= 0.3 is 5.97 Å². The van der Waals surface area contributed by atoms with Gasteiger partial charge in [0.25, 0.3) is 10.0 Å². The van der Waals surface area contributed by atoms with Crippen LogP contribution in [0.5, 0.6) is 0 Å². The summed E-state index contributed by atoms with van der Waals surface area (Å²) in [5.41, 5.74) is 0. The number of hydrogen-bond donors (Lipinski definition) is 0. The first-order chi connectivity index (χ1) is 8.52. The Morgan fingerprint density at radius 2 is 2.28 bits per heavy atom. The average Bonchev–Trinajstić information content (AvgIpc) is 3.02. The molecule has 7 heteroatoms. The summed E-state index contributed by atoms with van der Waals surface area (Å²) in [7, 11) is -3.54. The number of esters is 1. The molecular weight excluding hydrogens is 274 g/mol. The highest BCUT2D eigenvalue weighted by Gasteiger charge is 2.51. The van der Waals surface area contributed by atoms with Crippen molar-refractivity contribution in [2.24, 2.45) is 0 Å². The topological polar surface area (TPSA) is 63.7 Å². The Balaban J connectivity index is 1.93. The molecule has 2 unspecified atom stereocenters. The lowest BCUT2D eigenvalue weighted by Crippen LogP contribution is -2.43. The fourth-order valence-electron chi connectivity index (χ4n) is 2.38. The molecule has 2 bridgehead atoms. The third-order valence-electron chi connectivity index (χ3n) is 3.32. The van der Waals surface area contributed by atoms with E-state index in [1.807, 2.05) is 13.0 Å². The van der Waals surface area contributed by atoms with Crippen LogP contribution in [-0.4, -0.2) is 37.4 Å². The third kappa shape index (κ3) is 1.69. The third-order valence-corrected chi connectivity index (χ3v) is 6.89. The monoisotopic (exact) mass is 287 g/mol. The van der Waals surface area contributed by atoms with Gasteiger partial charge in [-0.25, -0.2) is 8.42 Å². The Morgan fingerprint density at radius 1 is 1.50 bits per heavy atom. The van der Waals surface area contributed by atoms with Crippen molar-refractivity contribution >= 4 is 27.3 Å². The van der Waals surface area contributed by atoms with Gasteiger partial charge in [-0.15, -0.1) is 11.3 Å². The molecule has 0 N–H and O–H groups in total. The van der Waals surface area contributed by atoms with Gasteiger partial charge in [0.1, 0.15) is 16.4 Å². The number of carbonyl (C=O) groups is 1. The second kappa shape index (κ2) is 4.04. The average molecular weight is 287 g/mol. The maximum Gasteiger partial charge on any atom is 0.324 e. The van der Waals surface area contributed by atoms with Gasteiger partial charge in [-0.2, -0.15) is 4.31 Å². The number of thiophene rings is 1. The molecule has 18 heavy (non-hydrogen) atoms. The summed E-state index contributed by atoms with van der Waals surface area (Å²) in [4.78, 5) is 12.5. The van der Waals surface area contributed by atoms with Gasteiger partial charge in [0.05, 0.1) is 6.54 Å². The second-order valence-electron chi connectivity index (χ2n) is 4.46. The van der Waals surface area contributed by atoms with Crippen LogP contribution < -0.4 is 0 Å². The minimum absolute atomic E-state index is 0.261. The van der Waals surface area contributed by atoms with Crippen LogP contribution in [0.2, 0.25) is 0 Å².